The summed E-state index contributed by atoms with van der Waals surface area (Å²) in [6.07, 6.45) is 3.12. The minimum absolute atomic E-state index is 0.0413. The lowest BCUT2D eigenvalue weighted by Gasteiger charge is -2.25. The lowest BCUT2D eigenvalue weighted by atomic mass is 10.0. The zero-order valence-electron chi connectivity index (χ0n) is 17.8. The van der Waals surface area contributed by atoms with Gasteiger partial charge in [0.1, 0.15) is 5.82 Å². The summed E-state index contributed by atoms with van der Waals surface area (Å²) in [5.41, 5.74) is 2.76. The highest BCUT2D eigenvalue weighted by molar-refractivity contribution is 5.92. The first kappa shape index (κ1) is 21.8. The number of aromatic nitrogens is 2. The summed E-state index contributed by atoms with van der Waals surface area (Å²) in [6.45, 7) is 4.45. The highest BCUT2D eigenvalue weighted by Crippen LogP contribution is 2.32. The minimum Gasteiger partial charge on any atom is -0.378 e. The van der Waals surface area contributed by atoms with E-state index in [2.05, 4.69) is 15.3 Å². The lowest BCUT2D eigenvalue weighted by Crippen LogP contribution is -2.32. The summed E-state index contributed by atoms with van der Waals surface area (Å²) in [5, 5.41) is 4.03. The van der Waals surface area contributed by atoms with Crippen molar-refractivity contribution in [2.75, 3.05) is 18.4 Å². The first-order valence-electron chi connectivity index (χ1n) is 10.4. The second kappa shape index (κ2) is 8.98. The van der Waals surface area contributed by atoms with Gasteiger partial charge in [0.05, 0.1) is 29.0 Å². The molecule has 0 saturated carbocycles. The molecule has 8 heteroatoms. The minimum atomic E-state index is -2.87. The fourth-order valence-corrected chi connectivity index (χ4v) is 3.92. The van der Waals surface area contributed by atoms with Gasteiger partial charge in [-0.15, -0.1) is 0 Å². The molecule has 1 N–H and O–H groups in total. The van der Waals surface area contributed by atoms with Crippen LogP contribution in [0, 0.1) is 5.82 Å². The molecule has 0 saturated heterocycles. The molecule has 0 unspecified atom stereocenters. The molecule has 1 aliphatic heterocycles. The molecule has 5 nitrogen and oxygen atoms in total. The molecular weight excluding hydrogens is 417 g/mol. The van der Waals surface area contributed by atoms with Crippen molar-refractivity contribution in [1.29, 1.82) is 0 Å². The predicted molar refractivity (Wildman–Crippen MR) is 118 cm³/mol. The van der Waals surface area contributed by atoms with Crippen molar-refractivity contribution in [3.05, 3.63) is 71.4 Å². The van der Waals surface area contributed by atoms with E-state index in [0.29, 0.717) is 30.7 Å². The van der Waals surface area contributed by atoms with Crippen LogP contribution >= 0.6 is 0 Å². The zero-order valence-corrected chi connectivity index (χ0v) is 17.8. The number of hydrogen-bond donors (Lipinski definition) is 1. The number of fused-ring (bicyclic) bond motifs is 1. The fourth-order valence-electron chi connectivity index (χ4n) is 3.92. The van der Waals surface area contributed by atoms with Crippen molar-refractivity contribution in [2.45, 2.75) is 32.7 Å². The Labute approximate surface area is 184 Å². The summed E-state index contributed by atoms with van der Waals surface area (Å²) < 4.78 is 40.8. The molecule has 0 aliphatic carbocycles. The van der Waals surface area contributed by atoms with E-state index in [1.165, 1.54) is 12.1 Å². The second-order valence-corrected chi connectivity index (χ2v) is 7.81. The van der Waals surface area contributed by atoms with E-state index >= 15 is 0 Å². The van der Waals surface area contributed by atoms with Gasteiger partial charge >= 0.3 is 0 Å². The van der Waals surface area contributed by atoms with Gasteiger partial charge in [-0.25, -0.2) is 13.2 Å². The molecule has 1 amide bonds. The number of anilines is 1. The van der Waals surface area contributed by atoms with Crippen molar-refractivity contribution in [3.63, 3.8) is 0 Å². The summed E-state index contributed by atoms with van der Waals surface area (Å²) in [6, 6.07) is 7.17. The van der Waals surface area contributed by atoms with Gasteiger partial charge < -0.3 is 10.2 Å². The Bertz CT molecular complexity index is 1200. The van der Waals surface area contributed by atoms with Crippen LogP contribution in [0.1, 0.15) is 49.6 Å². The van der Waals surface area contributed by atoms with Gasteiger partial charge in [0.2, 0.25) is 5.91 Å². The Hall–Kier alpha value is -3.42. The monoisotopic (exact) mass is 440 g/mol. The molecule has 2 aromatic heterocycles. The van der Waals surface area contributed by atoms with E-state index in [1.54, 1.807) is 37.2 Å². The number of hydrogen-bond acceptors (Lipinski definition) is 4. The first-order chi connectivity index (χ1) is 15.3. The number of amides is 1. The average Bonchev–Trinajstić information content (AvgIpc) is 2.79. The van der Waals surface area contributed by atoms with Crippen LogP contribution in [0.25, 0.3) is 16.5 Å². The smallest absolute Gasteiger partial charge is 0.266 e. The number of benzene rings is 1. The van der Waals surface area contributed by atoms with Gasteiger partial charge in [-0.05, 0) is 31.1 Å². The van der Waals surface area contributed by atoms with Crippen LogP contribution in [0.2, 0.25) is 0 Å². The van der Waals surface area contributed by atoms with Crippen LogP contribution < -0.4 is 5.32 Å². The molecule has 0 bridgehead atoms. The number of nitrogens with one attached hydrogen (secondary N) is 1. The van der Waals surface area contributed by atoms with Crippen LogP contribution in [-0.4, -0.2) is 33.9 Å². The number of pyridine rings is 2. The van der Waals surface area contributed by atoms with E-state index in [0.717, 1.165) is 22.7 Å². The summed E-state index contributed by atoms with van der Waals surface area (Å²) in [4.78, 5) is 22.2. The van der Waals surface area contributed by atoms with E-state index in [1.807, 2.05) is 12.1 Å². The Kier molecular flexibility index (Phi) is 6.12. The third-order valence-electron chi connectivity index (χ3n) is 5.74. The highest BCUT2D eigenvalue weighted by atomic mass is 19.3. The Balaban J connectivity index is 1.65. The van der Waals surface area contributed by atoms with E-state index in [9.17, 15) is 18.0 Å². The molecule has 0 fully saturated rings. The van der Waals surface area contributed by atoms with Gasteiger partial charge in [-0.3, -0.25) is 14.8 Å². The van der Waals surface area contributed by atoms with Crippen molar-refractivity contribution in [1.82, 2.24) is 14.9 Å². The normalized spacial score (nSPS) is 15.1. The van der Waals surface area contributed by atoms with Gasteiger partial charge in [0, 0.05) is 42.8 Å². The largest absolute Gasteiger partial charge is 0.378 e. The molecule has 1 aromatic carbocycles. The summed E-state index contributed by atoms with van der Waals surface area (Å²) in [5.74, 6) is -0.856. The molecule has 0 spiro atoms. The van der Waals surface area contributed by atoms with Crippen LogP contribution in [0.5, 0.6) is 0 Å². The standard InChI is InChI=1S/C24H23F3N4O/c1-14(17-4-3-5-18(23(17)25)24(26)27)30-20-6-9-28-22-13-29-21(12-19(20)22)16-7-10-31(11-8-16)15(2)32/h3-7,9,12-14,24H,8,10-11H2,1-2H3,(H,28,30)/t14-/m1/s1. The molecule has 1 aliphatic rings. The molecule has 166 valence electrons. The third-order valence-corrected chi connectivity index (χ3v) is 5.74. The molecule has 1 atom stereocenters. The summed E-state index contributed by atoms with van der Waals surface area (Å²) in [7, 11) is 0. The molecule has 3 heterocycles. The Morgan fingerprint density at radius 1 is 1.19 bits per heavy atom. The van der Waals surface area contributed by atoms with Gasteiger partial charge in [0.15, 0.2) is 0 Å². The Morgan fingerprint density at radius 2 is 1.97 bits per heavy atom. The van der Waals surface area contributed by atoms with Crippen molar-refractivity contribution >= 4 is 28.1 Å². The second-order valence-electron chi connectivity index (χ2n) is 7.81. The van der Waals surface area contributed by atoms with Crippen LogP contribution in [0.3, 0.4) is 0 Å². The van der Waals surface area contributed by atoms with Crippen molar-refractivity contribution in [2.24, 2.45) is 0 Å². The number of nitrogens with zero attached hydrogens (tertiary/aromatic N) is 3. The maximum atomic E-state index is 14.6. The topological polar surface area (TPSA) is 58.1 Å². The van der Waals surface area contributed by atoms with Gasteiger partial charge in [-0.2, -0.15) is 0 Å². The third kappa shape index (κ3) is 4.30. The van der Waals surface area contributed by atoms with Crippen LogP contribution in [-0.2, 0) is 4.79 Å². The fraction of sp³-hybridized carbons (Fsp3) is 0.292. The van der Waals surface area contributed by atoms with Crippen LogP contribution in [0.4, 0.5) is 18.9 Å². The van der Waals surface area contributed by atoms with Crippen molar-refractivity contribution in [3.8, 4) is 0 Å². The lowest BCUT2D eigenvalue weighted by molar-refractivity contribution is -0.128. The molecular formula is C24H23F3N4O. The number of carbonyl (C=O) groups excluding carboxylic acids is 1. The zero-order chi connectivity index (χ0) is 22.8. The molecule has 4 rings (SSSR count). The SMILES string of the molecule is CC(=O)N1CC=C(c2cc3c(N[C@H](C)c4cccc(C(F)F)c4F)ccnc3cn2)CC1. The highest BCUT2D eigenvalue weighted by Gasteiger charge is 2.20. The number of alkyl halides is 2. The molecule has 0 radical (unpaired) electrons. The maximum absolute atomic E-state index is 14.6. The number of halogens is 3. The van der Waals surface area contributed by atoms with Crippen molar-refractivity contribution < 1.29 is 18.0 Å². The maximum Gasteiger partial charge on any atom is 0.266 e. The predicted octanol–water partition coefficient (Wildman–Crippen LogP) is 5.52. The van der Waals surface area contributed by atoms with E-state index in [-0.39, 0.29) is 11.5 Å². The quantitative estimate of drug-likeness (QED) is 0.568. The number of rotatable bonds is 5. The van der Waals surface area contributed by atoms with Gasteiger partial charge in [-0.1, -0.05) is 24.3 Å². The van der Waals surface area contributed by atoms with E-state index < -0.39 is 23.8 Å². The first-order valence-corrected chi connectivity index (χ1v) is 10.4. The van der Waals surface area contributed by atoms with Gasteiger partial charge in [0.25, 0.3) is 6.43 Å². The van der Waals surface area contributed by atoms with E-state index in [4.69, 9.17) is 0 Å². The Morgan fingerprint density at radius 3 is 2.66 bits per heavy atom. The molecule has 3 aromatic rings. The molecule has 32 heavy (non-hydrogen) atoms. The van der Waals surface area contributed by atoms with Crippen LogP contribution in [0.15, 0.2) is 48.8 Å². The number of carbonyl (C=O) groups is 1. The summed E-state index contributed by atoms with van der Waals surface area (Å²) >= 11 is 0. The average molecular weight is 440 g/mol.